The minimum atomic E-state index is -4.69. The second-order valence-corrected chi connectivity index (χ2v) is 10.6. The number of hydrogen-bond acceptors (Lipinski definition) is 7. The normalized spacial score (nSPS) is 17.8. The molecule has 200 valence electrons. The van der Waals surface area contributed by atoms with E-state index in [1.807, 2.05) is 0 Å². The molecular weight excluding hydrogens is 511 g/mol. The van der Waals surface area contributed by atoms with Gasteiger partial charge in [-0.05, 0) is 49.8 Å². The lowest BCUT2D eigenvalue weighted by molar-refractivity contribution is -0.138. The number of benzene rings is 1. The van der Waals surface area contributed by atoms with Gasteiger partial charge in [-0.3, -0.25) is 4.79 Å². The number of rotatable bonds is 9. The maximum Gasteiger partial charge on any atom is 0.419 e. The third kappa shape index (κ3) is 7.33. The molecule has 1 amide bonds. The van der Waals surface area contributed by atoms with Crippen molar-refractivity contribution in [1.82, 2.24) is 20.0 Å². The molecule has 37 heavy (non-hydrogen) atoms. The maximum atomic E-state index is 13.7. The molecule has 1 aromatic heterocycles. The first kappa shape index (κ1) is 28.2. The Morgan fingerprint density at radius 2 is 2.03 bits per heavy atom. The number of carbonyl (C=O) groups is 1. The van der Waals surface area contributed by atoms with Gasteiger partial charge >= 0.3 is 6.18 Å². The Morgan fingerprint density at radius 3 is 2.65 bits per heavy atom. The van der Waals surface area contributed by atoms with Crippen LogP contribution in [0.25, 0.3) is 0 Å². The zero-order valence-electron chi connectivity index (χ0n) is 20.6. The van der Waals surface area contributed by atoms with Gasteiger partial charge in [-0.2, -0.15) is 13.2 Å². The van der Waals surface area contributed by atoms with Crippen LogP contribution in [0.4, 0.5) is 24.8 Å². The molecule has 0 spiro atoms. The summed E-state index contributed by atoms with van der Waals surface area (Å²) in [7, 11) is -2.13. The van der Waals surface area contributed by atoms with Gasteiger partial charge in [0.2, 0.25) is 16.0 Å². The van der Waals surface area contributed by atoms with Crippen LogP contribution < -0.4 is 20.1 Å². The molecular formula is C24H28F3N5O4S. The number of anilines is 2. The largest absolute Gasteiger partial charge is 0.495 e. The number of methoxy groups -OCH3 is 1. The Hall–Kier alpha value is -3.37. The van der Waals surface area contributed by atoms with Crippen LogP contribution in [0.2, 0.25) is 0 Å². The summed E-state index contributed by atoms with van der Waals surface area (Å²) >= 11 is 0. The van der Waals surface area contributed by atoms with Crippen molar-refractivity contribution in [3.8, 4) is 18.1 Å². The summed E-state index contributed by atoms with van der Waals surface area (Å²) in [6, 6.07) is 2.60. The van der Waals surface area contributed by atoms with Crippen LogP contribution in [0, 0.1) is 25.2 Å². The van der Waals surface area contributed by atoms with E-state index in [-0.39, 0.29) is 36.3 Å². The third-order valence-corrected chi connectivity index (χ3v) is 6.77. The first-order valence-electron chi connectivity index (χ1n) is 11.4. The zero-order chi connectivity index (χ0) is 27.4. The lowest BCUT2D eigenvalue weighted by atomic mass is 9.96. The highest BCUT2D eigenvalue weighted by atomic mass is 32.2. The average molecular weight is 540 g/mol. The Kier molecular flexibility index (Phi) is 8.65. The van der Waals surface area contributed by atoms with Crippen molar-refractivity contribution < 1.29 is 31.1 Å². The van der Waals surface area contributed by atoms with Crippen molar-refractivity contribution in [2.75, 3.05) is 25.2 Å². The summed E-state index contributed by atoms with van der Waals surface area (Å²) < 4.78 is 72.5. The number of carbonyl (C=O) groups excluding carboxylic acids is 1. The second kappa shape index (κ2) is 11.4. The molecule has 1 aliphatic rings. The summed E-state index contributed by atoms with van der Waals surface area (Å²) in [6.07, 6.45) is 3.93. The number of amides is 1. The van der Waals surface area contributed by atoms with E-state index in [2.05, 4.69) is 31.2 Å². The summed E-state index contributed by atoms with van der Waals surface area (Å²) in [4.78, 5) is 20.4. The van der Waals surface area contributed by atoms with Crippen molar-refractivity contribution in [3.63, 3.8) is 0 Å². The molecule has 0 unspecified atom stereocenters. The molecule has 1 saturated carbocycles. The van der Waals surface area contributed by atoms with Gasteiger partial charge in [0.25, 0.3) is 5.91 Å². The topological polar surface area (TPSA) is 122 Å². The van der Waals surface area contributed by atoms with E-state index >= 15 is 0 Å². The van der Waals surface area contributed by atoms with Crippen molar-refractivity contribution in [2.45, 2.75) is 44.8 Å². The van der Waals surface area contributed by atoms with Gasteiger partial charge in [0.1, 0.15) is 5.75 Å². The zero-order valence-corrected chi connectivity index (χ0v) is 21.4. The van der Waals surface area contributed by atoms with Gasteiger partial charge in [-0.25, -0.2) is 23.1 Å². The fourth-order valence-corrected chi connectivity index (χ4v) is 5.24. The second-order valence-electron chi connectivity index (χ2n) is 8.82. The number of aryl methyl sites for hydroxylation is 1. The first-order chi connectivity index (χ1) is 17.3. The number of aromatic nitrogens is 2. The first-order valence-corrected chi connectivity index (χ1v) is 13.3. The molecule has 0 bridgehead atoms. The number of nitrogens with zero attached hydrogens (tertiary/aromatic N) is 2. The molecule has 0 aliphatic heterocycles. The fraction of sp³-hybridized carbons (Fsp3) is 0.458. The lowest BCUT2D eigenvalue weighted by Gasteiger charge is -2.22. The SMILES string of the molecule is C#CCNC(=O)c1cc(OC)c(Nc2ncc(C(F)(F)F)c(C[C@@H]3CCC[C@H]3NS(C)(=O)=O)n2)cc1C. The van der Waals surface area contributed by atoms with Crippen LogP contribution in [0.5, 0.6) is 5.75 Å². The summed E-state index contributed by atoms with van der Waals surface area (Å²) in [5.74, 6) is 1.71. The van der Waals surface area contributed by atoms with Crippen LogP contribution in [0.1, 0.15) is 46.4 Å². The summed E-state index contributed by atoms with van der Waals surface area (Å²) in [6.45, 7) is 1.73. The van der Waals surface area contributed by atoms with Gasteiger partial charge in [0.15, 0.2) is 0 Å². The van der Waals surface area contributed by atoms with Crippen molar-refractivity contribution >= 4 is 27.6 Å². The van der Waals surface area contributed by atoms with Crippen LogP contribution in [0.15, 0.2) is 18.3 Å². The van der Waals surface area contributed by atoms with Gasteiger partial charge < -0.3 is 15.4 Å². The number of nitrogens with one attached hydrogen (secondary N) is 3. The number of sulfonamides is 1. The van der Waals surface area contributed by atoms with Crippen molar-refractivity contribution in [1.29, 1.82) is 0 Å². The predicted molar refractivity (Wildman–Crippen MR) is 132 cm³/mol. The number of terminal acetylenes is 1. The number of ether oxygens (including phenoxy) is 1. The molecule has 1 aliphatic carbocycles. The van der Waals surface area contributed by atoms with Crippen LogP contribution in [-0.2, 0) is 22.6 Å². The van der Waals surface area contributed by atoms with Crippen LogP contribution in [0.3, 0.4) is 0 Å². The number of halogens is 3. The summed E-state index contributed by atoms with van der Waals surface area (Å²) in [5.41, 5.74) is 0.00420. The van der Waals surface area contributed by atoms with E-state index in [0.29, 0.717) is 42.3 Å². The molecule has 0 radical (unpaired) electrons. The number of hydrogen-bond donors (Lipinski definition) is 3. The fourth-order valence-electron chi connectivity index (χ4n) is 4.38. The van der Waals surface area contributed by atoms with E-state index in [1.54, 1.807) is 13.0 Å². The Bertz CT molecular complexity index is 1310. The minimum absolute atomic E-state index is 0.0460. The lowest BCUT2D eigenvalue weighted by Crippen LogP contribution is -2.37. The van der Waals surface area contributed by atoms with Gasteiger partial charge in [0.05, 0.1) is 36.9 Å². The van der Waals surface area contributed by atoms with E-state index in [0.717, 1.165) is 6.26 Å². The molecule has 1 fully saturated rings. The predicted octanol–water partition coefficient (Wildman–Crippen LogP) is 3.18. The van der Waals surface area contributed by atoms with Crippen molar-refractivity contribution in [2.24, 2.45) is 5.92 Å². The molecule has 9 nitrogen and oxygen atoms in total. The average Bonchev–Trinajstić information content (AvgIpc) is 3.21. The molecule has 2 aromatic rings. The quantitative estimate of drug-likeness (QED) is 0.419. The third-order valence-electron chi connectivity index (χ3n) is 6.04. The van der Waals surface area contributed by atoms with E-state index in [9.17, 15) is 26.4 Å². The van der Waals surface area contributed by atoms with Gasteiger partial charge in [0, 0.05) is 17.8 Å². The minimum Gasteiger partial charge on any atom is -0.495 e. The van der Waals surface area contributed by atoms with Crippen LogP contribution >= 0.6 is 0 Å². The van der Waals surface area contributed by atoms with Crippen LogP contribution in [-0.4, -0.2) is 50.2 Å². The Labute approximate surface area is 213 Å². The smallest absolute Gasteiger partial charge is 0.419 e. The van der Waals surface area contributed by atoms with E-state index in [4.69, 9.17) is 11.2 Å². The highest BCUT2D eigenvalue weighted by Gasteiger charge is 2.37. The van der Waals surface area contributed by atoms with Gasteiger partial charge in [-0.1, -0.05) is 12.3 Å². The molecule has 0 saturated heterocycles. The number of alkyl halides is 3. The van der Waals surface area contributed by atoms with Crippen molar-refractivity contribution in [3.05, 3.63) is 40.7 Å². The summed E-state index contributed by atoms with van der Waals surface area (Å²) in [5, 5.41) is 5.44. The Balaban J connectivity index is 1.93. The monoisotopic (exact) mass is 539 g/mol. The molecule has 2 atom stereocenters. The molecule has 3 N–H and O–H groups in total. The molecule has 13 heteroatoms. The highest BCUT2D eigenvalue weighted by molar-refractivity contribution is 7.88. The standard InChI is InChI=1S/C24H28F3N5O4S/c1-5-9-28-22(33)16-12-21(36-3)20(10-14(16)2)31-23-29-13-17(24(25,26)27)19(30-23)11-15-7-6-8-18(15)32-37(4,34)35/h1,10,12-13,15,18,32H,6-9,11H2,2-4H3,(H,28,33)(H,29,30,31)/t15-,18+/m0/s1. The molecule has 3 rings (SSSR count). The maximum absolute atomic E-state index is 13.7. The van der Waals surface area contributed by atoms with E-state index < -0.39 is 33.7 Å². The highest BCUT2D eigenvalue weighted by Crippen LogP contribution is 2.36. The molecule has 1 aromatic carbocycles. The Morgan fingerprint density at radius 1 is 1.30 bits per heavy atom. The van der Waals surface area contributed by atoms with Gasteiger partial charge in [-0.15, -0.1) is 6.42 Å². The molecule has 1 heterocycles. The van der Waals surface area contributed by atoms with E-state index in [1.165, 1.54) is 13.2 Å².